The van der Waals surface area contributed by atoms with Crippen molar-refractivity contribution >= 4 is 17.9 Å². The molecule has 198 valence electrons. The number of nitrogens with zero attached hydrogens (tertiary/aromatic N) is 5. The van der Waals surface area contributed by atoms with Gasteiger partial charge in [-0.2, -0.15) is 0 Å². The maximum Gasteiger partial charge on any atom is 0.321 e. The molecule has 9 nitrogen and oxygen atoms in total. The topological polar surface area (TPSA) is 90.9 Å². The first-order valence-electron chi connectivity index (χ1n) is 13.3. The van der Waals surface area contributed by atoms with Crippen molar-refractivity contribution in [2.24, 2.45) is 5.92 Å². The molecule has 1 saturated heterocycles. The Hall–Kier alpha value is -3.20. The molecule has 3 aliphatic rings. The molecule has 37 heavy (non-hydrogen) atoms. The molecule has 1 aromatic carbocycles. The van der Waals surface area contributed by atoms with Gasteiger partial charge in [0.15, 0.2) is 5.75 Å². The van der Waals surface area contributed by atoms with E-state index >= 15 is 0 Å². The fraction of sp³-hybridized carbons (Fsp3) is 0.571. The van der Waals surface area contributed by atoms with Crippen molar-refractivity contribution in [3.63, 3.8) is 0 Å². The smallest absolute Gasteiger partial charge is 0.321 e. The first kappa shape index (κ1) is 25.4. The molecule has 1 spiro atoms. The van der Waals surface area contributed by atoms with Crippen molar-refractivity contribution < 1.29 is 14.3 Å². The zero-order chi connectivity index (χ0) is 26.0. The molecular formula is C28H38N6O3. The third-order valence-electron chi connectivity index (χ3n) is 8.85. The van der Waals surface area contributed by atoms with Crippen LogP contribution in [-0.4, -0.2) is 83.0 Å². The molecule has 1 N–H and O–H groups in total. The van der Waals surface area contributed by atoms with Gasteiger partial charge in [0, 0.05) is 18.6 Å². The fourth-order valence-electron chi connectivity index (χ4n) is 6.33. The molecule has 3 fully saturated rings. The predicted octanol–water partition coefficient (Wildman–Crippen LogP) is 3.73. The largest absolute Gasteiger partial charge is 0.494 e. The average molecular weight is 507 g/mol. The Morgan fingerprint density at radius 3 is 2.35 bits per heavy atom. The molecule has 0 bridgehead atoms. The zero-order valence-corrected chi connectivity index (χ0v) is 22.2. The summed E-state index contributed by atoms with van der Waals surface area (Å²) in [5.74, 6) is 0.997. The standard InChI is InChI=1S/C28H38N6O3/c1-32(2)28(22-10-5-4-6-11-22)14-12-27(13-15-28)20-33(26(36)34(27)18-21-8-7-9-21)19-24(35)31-25-29-16-23(37-3)17-30-25/h4-6,10-11,16-17,21H,7-9,12-15,18-20H2,1-3H3,(H,29,30,31,35)/t27-,28-. The first-order chi connectivity index (χ1) is 17.8. The lowest BCUT2D eigenvalue weighted by molar-refractivity contribution is -0.116. The summed E-state index contributed by atoms with van der Waals surface area (Å²) in [7, 11) is 5.86. The second-order valence-corrected chi connectivity index (χ2v) is 11.1. The highest BCUT2D eigenvalue weighted by atomic mass is 16.5. The highest BCUT2D eigenvalue weighted by molar-refractivity contribution is 5.93. The Kier molecular flexibility index (Phi) is 7.07. The van der Waals surface area contributed by atoms with Crippen molar-refractivity contribution in [3.8, 4) is 5.75 Å². The third kappa shape index (κ3) is 4.89. The molecule has 1 aromatic heterocycles. The van der Waals surface area contributed by atoms with Gasteiger partial charge in [0.05, 0.1) is 25.0 Å². The number of benzene rings is 1. The van der Waals surface area contributed by atoms with E-state index in [9.17, 15) is 9.59 Å². The second kappa shape index (κ2) is 10.3. The molecule has 2 aromatic rings. The molecule has 2 heterocycles. The highest BCUT2D eigenvalue weighted by Gasteiger charge is 2.55. The van der Waals surface area contributed by atoms with E-state index in [4.69, 9.17) is 4.74 Å². The van der Waals surface area contributed by atoms with E-state index in [1.165, 1.54) is 44.3 Å². The number of urea groups is 1. The van der Waals surface area contributed by atoms with E-state index in [-0.39, 0.29) is 35.5 Å². The number of nitrogens with one attached hydrogen (secondary N) is 1. The van der Waals surface area contributed by atoms with Crippen LogP contribution in [0.4, 0.5) is 10.7 Å². The Morgan fingerprint density at radius 1 is 1.11 bits per heavy atom. The SMILES string of the molecule is COc1cnc(NC(=O)CN2C[C@]3(CC[C@@](c4ccccc4)(N(C)C)CC3)N(CC3CCC3)C2=O)nc1. The van der Waals surface area contributed by atoms with Gasteiger partial charge in [-0.1, -0.05) is 36.8 Å². The van der Waals surface area contributed by atoms with Crippen LogP contribution in [0.25, 0.3) is 0 Å². The van der Waals surface area contributed by atoms with E-state index in [0.29, 0.717) is 18.2 Å². The summed E-state index contributed by atoms with van der Waals surface area (Å²) < 4.78 is 5.08. The summed E-state index contributed by atoms with van der Waals surface area (Å²) in [5, 5.41) is 2.72. The van der Waals surface area contributed by atoms with Crippen LogP contribution in [0.3, 0.4) is 0 Å². The molecule has 0 unspecified atom stereocenters. The van der Waals surface area contributed by atoms with Gasteiger partial charge in [-0.3, -0.25) is 15.0 Å². The number of hydrogen-bond donors (Lipinski definition) is 1. The van der Waals surface area contributed by atoms with Gasteiger partial charge < -0.3 is 14.5 Å². The maximum atomic E-state index is 13.7. The normalized spacial score (nSPS) is 26.0. The van der Waals surface area contributed by atoms with Crippen LogP contribution >= 0.6 is 0 Å². The first-order valence-corrected chi connectivity index (χ1v) is 13.3. The summed E-state index contributed by atoms with van der Waals surface area (Å²) >= 11 is 0. The Labute approximate surface area is 219 Å². The van der Waals surface area contributed by atoms with E-state index in [0.717, 1.165) is 32.2 Å². The van der Waals surface area contributed by atoms with Crippen LogP contribution < -0.4 is 10.1 Å². The number of carbonyl (C=O) groups is 2. The Bertz CT molecular complexity index is 1090. The van der Waals surface area contributed by atoms with Gasteiger partial charge in [-0.05, 0) is 64.1 Å². The number of hydrogen-bond acceptors (Lipinski definition) is 6. The molecule has 0 radical (unpaired) electrons. The van der Waals surface area contributed by atoms with Crippen molar-refractivity contribution in [2.45, 2.75) is 56.0 Å². The van der Waals surface area contributed by atoms with Crippen LogP contribution in [-0.2, 0) is 10.3 Å². The van der Waals surface area contributed by atoms with Gasteiger partial charge in [0.1, 0.15) is 6.54 Å². The van der Waals surface area contributed by atoms with Crippen LogP contribution in [0.2, 0.25) is 0 Å². The summed E-state index contributed by atoms with van der Waals surface area (Å²) in [6, 6.07) is 10.7. The summed E-state index contributed by atoms with van der Waals surface area (Å²) in [5.41, 5.74) is 1.05. The van der Waals surface area contributed by atoms with Crippen molar-refractivity contribution in [3.05, 3.63) is 48.3 Å². The third-order valence-corrected chi connectivity index (χ3v) is 8.85. The molecule has 1 aliphatic heterocycles. The van der Waals surface area contributed by atoms with E-state index in [1.54, 1.807) is 4.90 Å². The minimum Gasteiger partial charge on any atom is -0.494 e. The second-order valence-electron chi connectivity index (χ2n) is 11.1. The highest BCUT2D eigenvalue weighted by Crippen LogP contribution is 2.49. The van der Waals surface area contributed by atoms with Gasteiger partial charge in [0.25, 0.3) is 0 Å². The average Bonchev–Trinajstić information content (AvgIpc) is 3.12. The number of methoxy groups -OCH3 is 1. The van der Waals surface area contributed by atoms with Gasteiger partial charge in [0.2, 0.25) is 11.9 Å². The number of carbonyl (C=O) groups excluding carboxylic acids is 2. The number of rotatable bonds is 8. The van der Waals surface area contributed by atoms with Crippen molar-refractivity contribution in [1.29, 1.82) is 0 Å². The molecule has 5 rings (SSSR count). The van der Waals surface area contributed by atoms with E-state index in [2.05, 4.69) is 69.5 Å². The molecular weight excluding hydrogens is 468 g/mol. The molecule has 3 amide bonds. The lowest BCUT2D eigenvalue weighted by Gasteiger charge is -2.51. The fourth-order valence-corrected chi connectivity index (χ4v) is 6.33. The molecule has 2 saturated carbocycles. The Balaban J connectivity index is 1.32. The molecule has 9 heteroatoms. The molecule has 0 atom stereocenters. The lowest BCUT2D eigenvalue weighted by atomic mass is 9.68. The number of aromatic nitrogens is 2. The van der Waals surface area contributed by atoms with Crippen LogP contribution in [0.5, 0.6) is 5.75 Å². The van der Waals surface area contributed by atoms with Gasteiger partial charge in [-0.25, -0.2) is 14.8 Å². The van der Waals surface area contributed by atoms with Gasteiger partial charge in [-0.15, -0.1) is 0 Å². The maximum absolute atomic E-state index is 13.7. The Morgan fingerprint density at radius 2 is 1.78 bits per heavy atom. The number of anilines is 1. The quantitative estimate of drug-likeness (QED) is 0.587. The predicted molar refractivity (Wildman–Crippen MR) is 141 cm³/mol. The summed E-state index contributed by atoms with van der Waals surface area (Å²) in [6.45, 7) is 1.36. The van der Waals surface area contributed by atoms with Crippen molar-refractivity contribution in [2.75, 3.05) is 46.2 Å². The van der Waals surface area contributed by atoms with Gasteiger partial charge >= 0.3 is 6.03 Å². The minimum absolute atomic E-state index is 0.00531. The van der Waals surface area contributed by atoms with E-state index in [1.807, 2.05) is 0 Å². The van der Waals surface area contributed by atoms with Crippen LogP contribution in [0.1, 0.15) is 50.5 Å². The monoisotopic (exact) mass is 506 g/mol. The van der Waals surface area contributed by atoms with Crippen LogP contribution in [0.15, 0.2) is 42.7 Å². The van der Waals surface area contributed by atoms with Crippen molar-refractivity contribution in [1.82, 2.24) is 24.7 Å². The van der Waals surface area contributed by atoms with Crippen LogP contribution in [0, 0.1) is 5.92 Å². The number of amides is 3. The minimum atomic E-state index is -0.290. The molecule has 2 aliphatic carbocycles. The zero-order valence-electron chi connectivity index (χ0n) is 22.2. The number of ether oxygens (including phenoxy) is 1. The van der Waals surface area contributed by atoms with E-state index < -0.39 is 0 Å². The lowest BCUT2D eigenvalue weighted by Crippen LogP contribution is -2.56. The summed E-state index contributed by atoms with van der Waals surface area (Å²) in [4.78, 5) is 41.0. The summed E-state index contributed by atoms with van der Waals surface area (Å²) in [6.07, 6.45) is 10.4.